The highest BCUT2D eigenvalue weighted by molar-refractivity contribution is 6.31. The maximum atomic E-state index is 13.6. The number of benzene rings is 2. The molecule has 3 saturated heterocycles. The summed E-state index contributed by atoms with van der Waals surface area (Å²) in [7, 11) is 0. The molecule has 3 aromatic rings. The molecule has 37 heavy (non-hydrogen) atoms. The number of nitrogens with zero attached hydrogens (tertiary/aromatic N) is 3. The van der Waals surface area contributed by atoms with Crippen LogP contribution >= 0.6 is 11.6 Å². The molecule has 4 heterocycles. The van der Waals surface area contributed by atoms with Gasteiger partial charge in [-0.05, 0) is 37.1 Å². The molecule has 1 aromatic heterocycles. The second kappa shape index (κ2) is 10.9. The average molecular weight is 529 g/mol. The smallest absolute Gasteiger partial charge is 0.163 e. The van der Waals surface area contributed by atoms with Crippen molar-refractivity contribution >= 4 is 34.0 Å². The van der Waals surface area contributed by atoms with Gasteiger partial charge in [0, 0.05) is 49.1 Å². The molecule has 2 bridgehead atoms. The Labute approximate surface area is 220 Å². The topological polar surface area (TPSA) is 78.0 Å². The molecule has 3 fully saturated rings. The Morgan fingerprint density at radius 1 is 1.14 bits per heavy atom. The monoisotopic (exact) mass is 528 g/mol. The van der Waals surface area contributed by atoms with Gasteiger partial charge < -0.3 is 24.3 Å². The van der Waals surface area contributed by atoms with Crippen LogP contribution in [0.3, 0.4) is 0 Å². The lowest BCUT2D eigenvalue weighted by Gasteiger charge is -2.27. The van der Waals surface area contributed by atoms with E-state index in [1.807, 2.05) is 12.1 Å². The SMILES string of the molecule is Fc1ccc(Nc2ncnc3cc(OCCCN4CC5CC4CO5)c(OC4CCOCC4)cc23)cc1Cl. The molecule has 10 heteroatoms. The lowest BCUT2D eigenvalue weighted by Crippen LogP contribution is -2.37. The van der Waals surface area contributed by atoms with Crippen molar-refractivity contribution in [3.8, 4) is 11.5 Å². The minimum atomic E-state index is -0.473. The zero-order valence-electron chi connectivity index (χ0n) is 20.5. The zero-order valence-corrected chi connectivity index (χ0v) is 21.3. The van der Waals surface area contributed by atoms with Crippen molar-refractivity contribution in [2.75, 3.05) is 44.8 Å². The fraction of sp³-hybridized carbons (Fsp3) is 0.481. The van der Waals surface area contributed by atoms with Crippen molar-refractivity contribution in [1.29, 1.82) is 0 Å². The van der Waals surface area contributed by atoms with Gasteiger partial charge in [0.1, 0.15) is 24.1 Å². The van der Waals surface area contributed by atoms with Gasteiger partial charge in [0.25, 0.3) is 0 Å². The number of hydrogen-bond donors (Lipinski definition) is 1. The molecule has 0 aliphatic carbocycles. The van der Waals surface area contributed by atoms with Crippen molar-refractivity contribution < 1.29 is 23.3 Å². The third-order valence-electron chi connectivity index (χ3n) is 7.21. The maximum Gasteiger partial charge on any atom is 0.163 e. The first-order valence-corrected chi connectivity index (χ1v) is 13.2. The molecule has 0 amide bonds. The fourth-order valence-electron chi connectivity index (χ4n) is 5.26. The van der Waals surface area contributed by atoms with E-state index in [9.17, 15) is 4.39 Å². The van der Waals surface area contributed by atoms with Gasteiger partial charge in [-0.1, -0.05) is 11.6 Å². The van der Waals surface area contributed by atoms with E-state index in [0.717, 1.165) is 50.8 Å². The number of morpholine rings is 1. The normalized spacial score (nSPS) is 22.0. The lowest BCUT2D eigenvalue weighted by molar-refractivity contribution is 0.0237. The van der Waals surface area contributed by atoms with Crippen molar-refractivity contribution in [3.05, 3.63) is 47.5 Å². The highest BCUT2D eigenvalue weighted by Gasteiger charge is 2.38. The van der Waals surface area contributed by atoms with Crippen LogP contribution in [0, 0.1) is 5.82 Å². The Balaban J connectivity index is 1.22. The van der Waals surface area contributed by atoms with Gasteiger partial charge in [-0.25, -0.2) is 14.4 Å². The van der Waals surface area contributed by atoms with Crippen molar-refractivity contribution in [2.45, 2.75) is 43.9 Å². The van der Waals surface area contributed by atoms with Gasteiger partial charge in [-0.2, -0.15) is 0 Å². The molecule has 8 nitrogen and oxygen atoms in total. The van der Waals surface area contributed by atoms with E-state index in [1.165, 1.54) is 18.5 Å². The van der Waals surface area contributed by atoms with E-state index in [1.54, 1.807) is 6.07 Å². The van der Waals surface area contributed by atoms with Crippen molar-refractivity contribution in [3.63, 3.8) is 0 Å². The average Bonchev–Trinajstić information content (AvgIpc) is 3.54. The molecule has 1 N–H and O–H groups in total. The summed E-state index contributed by atoms with van der Waals surface area (Å²) in [5, 5.41) is 4.04. The van der Waals surface area contributed by atoms with E-state index >= 15 is 0 Å². The van der Waals surface area contributed by atoms with E-state index in [0.29, 0.717) is 60.5 Å². The summed E-state index contributed by atoms with van der Waals surface area (Å²) in [5.74, 6) is 1.42. The number of likely N-dealkylation sites (tertiary alicyclic amines) is 1. The van der Waals surface area contributed by atoms with Gasteiger partial charge in [0.05, 0.1) is 43.1 Å². The summed E-state index contributed by atoms with van der Waals surface area (Å²) in [6, 6.07) is 8.84. The van der Waals surface area contributed by atoms with Crippen LogP contribution in [0.2, 0.25) is 5.02 Å². The Kier molecular flexibility index (Phi) is 7.28. The van der Waals surface area contributed by atoms with E-state index in [4.69, 9.17) is 30.5 Å². The largest absolute Gasteiger partial charge is 0.490 e. The van der Waals surface area contributed by atoms with Gasteiger partial charge in [0.15, 0.2) is 11.5 Å². The van der Waals surface area contributed by atoms with Crippen LogP contribution < -0.4 is 14.8 Å². The molecule has 196 valence electrons. The van der Waals surface area contributed by atoms with Crippen molar-refractivity contribution in [1.82, 2.24) is 14.9 Å². The van der Waals surface area contributed by atoms with Crippen LogP contribution in [0.25, 0.3) is 10.9 Å². The number of ether oxygens (including phenoxy) is 4. The van der Waals surface area contributed by atoms with E-state index in [2.05, 4.69) is 20.2 Å². The van der Waals surface area contributed by atoms with Crippen LogP contribution in [-0.4, -0.2) is 72.6 Å². The first-order chi connectivity index (χ1) is 18.1. The van der Waals surface area contributed by atoms with Gasteiger partial charge in [-0.15, -0.1) is 0 Å². The number of aromatic nitrogens is 2. The molecular weight excluding hydrogens is 499 g/mol. The van der Waals surface area contributed by atoms with Crippen molar-refractivity contribution in [2.24, 2.45) is 0 Å². The van der Waals surface area contributed by atoms with E-state index in [-0.39, 0.29) is 11.1 Å². The minimum absolute atomic E-state index is 0.0388. The predicted octanol–water partition coefficient (Wildman–Crippen LogP) is 4.97. The minimum Gasteiger partial charge on any atom is -0.490 e. The Hall–Kier alpha value is -2.72. The number of halogens is 2. The van der Waals surface area contributed by atoms with Gasteiger partial charge in [0.2, 0.25) is 0 Å². The number of nitrogens with one attached hydrogen (secondary N) is 1. The van der Waals surface area contributed by atoms with Crippen LogP contribution in [0.5, 0.6) is 11.5 Å². The summed E-state index contributed by atoms with van der Waals surface area (Å²) >= 11 is 5.97. The second-order valence-corrected chi connectivity index (χ2v) is 10.2. The summed E-state index contributed by atoms with van der Waals surface area (Å²) in [6.07, 6.45) is 5.64. The van der Waals surface area contributed by atoms with E-state index < -0.39 is 5.82 Å². The maximum absolute atomic E-state index is 13.6. The van der Waals surface area contributed by atoms with Crippen LogP contribution in [-0.2, 0) is 9.47 Å². The number of hydrogen-bond acceptors (Lipinski definition) is 8. The molecule has 2 atom stereocenters. The Bertz CT molecular complexity index is 1260. The number of rotatable bonds is 9. The molecule has 3 aliphatic heterocycles. The predicted molar refractivity (Wildman–Crippen MR) is 139 cm³/mol. The third-order valence-corrected chi connectivity index (χ3v) is 7.50. The standard InChI is InChI=1S/C27H30ClFN4O4/c28-22-10-17(2-3-23(22)29)32-27-21-12-26(37-19-4-8-34-9-5-19)25(13-24(21)30-16-31-27)35-7-1-6-33-14-20-11-18(33)15-36-20/h2-3,10,12-13,16,18-20H,1,4-9,11,14-15H2,(H,30,31,32). The Morgan fingerprint density at radius 2 is 2.03 bits per heavy atom. The van der Waals surface area contributed by atoms with Crippen LogP contribution in [0.15, 0.2) is 36.7 Å². The van der Waals surface area contributed by atoms with Gasteiger partial charge >= 0.3 is 0 Å². The number of fused-ring (bicyclic) bond motifs is 3. The molecule has 0 saturated carbocycles. The highest BCUT2D eigenvalue weighted by atomic mass is 35.5. The summed E-state index contributed by atoms with van der Waals surface area (Å²) in [5.41, 5.74) is 1.34. The second-order valence-electron chi connectivity index (χ2n) is 9.76. The molecule has 2 unspecified atom stereocenters. The first-order valence-electron chi connectivity index (χ1n) is 12.9. The first kappa shape index (κ1) is 24.6. The molecular formula is C27H30ClFN4O4. The molecule has 0 radical (unpaired) electrons. The lowest BCUT2D eigenvalue weighted by atomic mass is 10.1. The fourth-order valence-corrected chi connectivity index (χ4v) is 5.44. The molecule has 6 rings (SSSR count). The molecule has 0 spiro atoms. The quantitative estimate of drug-likeness (QED) is 0.390. The highest BCUT2D eigenvalue weighted by Crippen LogP contribution is 2.37. The summed E-state index contributed by atoms with van der Waals surface area (Å²) < 4.78 is 37.5. The Morgan fingerprint density at radius 3 is 2.81 bits per heavy atom. The zero-order chi connectivity index (χ0) is 25.2. The number of anilines is 2. The summed E-state index contributed by atoms with van der Waals surface area (Å²) in [4.78, 5) is 11.4. The van der Waals surface area contributed by atoms with Crippen LogP contribution in [0.4, 0.5) is 15.9 Å². The van der Waals surface area contributed by atoms with Crippen LogP contribution in [0.1, 0.15) is 25.7 Å². The third kappa shape index (κ3) is 5.60. The summed E-state index contributed by atoms with van der Waals surface area (Å²) in [6.45, 7) is 4.79. The molecule has 3 aliphatic rings. The molecule has 2 aromatic carbocycles. The van der Waals surface area contributed by atoms with Gasteiger partial charge in [-0.3, -0.25) is 4.90 Å².